The quantitative estimate of drug-likeness (QED) is 0.373. The summed E-state index contributed by atoms with van der Waals surface area (Å²) < 4.78 is 0. The summed E-state index contributed by atoms with van der Waals surface area (Å²) >= 11 is 0. The molecule has 0 aromatic heterocycles. The van der Waals surface area contributed by atoms with Crippen LogP contribution in [0.2, 0.25) is 0 Å². The second kappa shape index (κ2) is 11.6. The van der Waals surface area contributed by atoms with Gasteiger partial charge in [-0.2, -0.15) is 0 Å². The van der Waals surface area contributed by atoms with Gasteiger partial charge >= 0.3 is 17.9 Å². The minimum Gasteiger partial charge on any atom is -0.481 e. The van der Waals surface area contributed by atoms with Crippen molar-refractivity contribution in [3.8, 4) is 0 Å². The molecule has 1 unspecified atom stereocenters. The van der Waals surface area contributed by atoms with Gasteiger partial charge in [-0.15, -0.1) is 0 Å². The summed E-state index contributed by atoms with van der Waals surface area (Å²) in [6.45, 7) is 2.20. The molecule has 3 N–H and O–H groups in total. The fraction of sp³-hybridized carbons (Fsp3) is 0.667. The molecular formula is C21H32O6. The van der Waals surface area contributed by atoms with Crippen LogP contribution in [0.3, 0.4) is 0 Å². The van der Waals surface area contributed by atoms with Crippen molar-refractivity contribution in [1.82, 2.24) is 0 Å². The summed E-state index contributed by atoms with van der Waals surface area (Å²) in [5, 5.41) is 28.0. The highest BCUT2D eigenvalue weighted by atomic mass is 16.4. The molecule has 0 aromatic carbocycles. The fourth-order valence-electron chi connectivity index (χ4n) is 3.56. The van der Waals surface area contributed by atoms with Gasteiger partial charge in [0.2, 0.25) is 0 Å². The molecule has 27 heavy (non-hydrogen) atoms. The van der Waals surface area contributed by atoms with Crippen molar-refractivity contribution in [2.24, 2.45) is 5.41 Å². The lowest BCUT2D eigenvalue weighted by Crippen LogP contribution is -2.33. The van der Waals surface area contributed by atoms with Crippen molar-refractivity contribution in [2.45, 2.75) is 84.0 Å². The highest BCUT2D eigenvalue weighted by molar-refractivity contribution is 6.02. The average molecular weight is 380 g/mol. The smallest absolute Gasteiger partial charge is 0.336 e. The predicted molar refractivity (Wildman–Crippen MR) is 103 cm³/mol. The van der Waals surface area contributed by atoms with Crippen LogP contribution in [0.4, 0.5) is 0 Å². The molecule has 0 aromatic rings. The van der Waals surface area contributed by atoms with Crippen molar-refractivity contribution in [1.29, 1.82) is 0 Å². The molecule has 0 saturated carbocycles. The molecule has 0 saturated heterocycles. The number of hydrogen-bond donors (Lipinski definition) is 3. The zero-order chi connectivity index (χ0) is 20.3. The van der Waals surface area contributed by atoms with E-state index < -0.39 is 23.3 Å². The molecule has 0 bridgehead atoms. The van der Waals surface area contributed by atoms with Gasteiger partial charge in [0.05, 0.1) is 16.6 Å². The normalized spacial score (nSPS) is 19.3. The van der Waals surface area contributed by atoms with Crippen LogP contribution in [0.5, 0.6) is 0 Å². The van der Waals surface area contributed by atoms with Crippen LogP contribution in [0.15, 0.2) is 23.3 Å². The molecule has 1 atom stereocenters. The first kappa shape index (κ1) is 22.9. The zero-order valence-electron chi connectivity index (χ0n) is 16.2. The summed E-state index contributed by atoms with van der Waals surface area (Å²) in [5.74, 6) is -3.81. The lowest BCUT2D eigenvalue weighted by molar-refractivity contribution is -0.147. The van der Waals surface area contributed by atoms with E-state index in [-0.39, 0.29) is 17.6 Å². The molecule has 152 valence electrons. The molecule has 1 aliphatic carbocycles. The van der Waals surface area contributed by atoms with Crippen molar-refractivity contribution in [2.75, 3.05) is 0 Å². The molecule has 0 amide bonds. The van der Waals surface area contributed by atoms with E-state index in [1.165, 1.54) is 44.6 Å². The maximum absolute atomic E-state index is 11.8. The van der Waals surface area contributed by atoms with Crippen LogP contribution in [0.1, 0.15) is 84.0 Å². The number of hydrogen-bond acceptors (Lipinski definition) is 3. The van der Waals surface area contributed by atoms with E-state index in [9.17, 15) is 24.6 Å². The van der Waals surface area contributed by atoms with Gasteiger partial charge in [0.25, 0.3) is 0 Å². The Hall–Kier alpha value is -2.11. The Balaban J connectivity index is 2.47. The summed E-state index contributed by atoms with van der Waals surface area (Å²) in [5.41, 5.74) is -1.99. The molecule has 6 nitrogen and oxygen atoms in total. The zero-order valence-corrected chi connectivity index (χ0v) is 16.2. The van der Waals surface area contributed by atoms with E-state index in [2.05, 4.69) is 6.92 Å². The van der Waals surface area contributed by atoms with Crippen LogP contribution >= 0.6 is 0 Å². The lowest BCUT2D eigenvalue weighted by Gasteiger charge is -2.29. The van der Waals surface area contributed by atoms with Gasteiger partial charge in [0, 0.05) is 0 Å². The van der Waals surface area contributed by atoms with Crippen molar-refractivity contribution in [3.63, 3.8) is 0 Å². The monoisotopic (exact) mass is 380 g/mol. The first-order valence-corrected chi connectivity index (χ1v) is 9.96. The van der Waals surface area contributed by atoms with E-state index in [4.69, 9.17) is 5.11 Å². The Morgan fingerprint density at radius 1 is 0.852 bits per heavy atom. The lowest BCUT2D eigenvalue weighted by atomic mass is 9.73. The summed E-state index contributed by atoms with van der Waals surface area (Å²) in [7, 11) is 0. The van der Waals surface area contributed by atoms with E-state index in [1.54, 1.807) is 0 Å². The van der Waals surface area contributed by atoms with Crippen LogP contribution < -0.4 is 0 Å². The third-order valence-corrected chi connectivity index (χ3v) is 5.28. The van der Waals surface area contributed by atoms with Gasteiger partial charge in [0.1, 0.15) is 0 Å². The Kier molecular flexibility index (Phi) is 9.83. The van der Waals surface area contributed by atoms with E-state index in [0.29, 0.717) is 12.8 Å². The van der Waals surface area contributed by atoms with Crippen molar-refractivity contribution < 1.29 is 29.7 Å². The largest absolute Gasteiger partial charge is 0.481 e. The van der Waals surface area contributed by atoms with E-state index in [1.807, 2.05) is 0 Å². The maximum atomic E-state index is 11.8. The third-order valence-electron chi connectivity index (χ3n) is 5.28. The predicted octanol–water partition coefficient (Wildman–Crippen LogP) is 4.79. The van der Waals surface area contributed by atoms with Gasteiger partial charge in [-0.3, -0.25) is 4.79 Å². The second-order valence-electron chi connectivity index (χ2n) is 7.41. The minimum absolute atomic E-state index is 0.284. The van der Waals surface area contributed by atoms with Crippen molar-refractivity contribution in [3.05, 3.63) is 23.3 Å². The highest BCUT2D eigenvalue weighted by Gasteiger charge is 2.41. The molecule has 0 heterocycles. The molecule has 1 rings (SSSR count). The first-order valence-electron chi connectivity index (χ1n) is 9.96. The van der Waals surface area contributed by atoms with Gasteiger partial charge in [-0.05, 0) is 18.9 Å². The molecular weight excluding hydrogens is 348 g/mol. The molecule has 0 spiro atoms. The van der Waals surface area contributed by atoms with E-state index >= 15 is 0 Å². The second-order valence-corrected chi connectivity index (χ2v) is 7.41. The van der Waals surface area contributed by atoms with Crippen LogP contribution in [-0.4, -0.2) is 33.2 Å². The van der Waals surface area contributed by atoms with Crippen LogP contribution in [0, 0.1) is 5.41 Å². The number of carboxylic acids is 3. The minimum atomic E-state index is -1.37. The van der Waals surface area contributed by atoms with Crippen LogP contribution in [-0.2, 0) is 14.4 Å². The number of unbranched alkanes of at least 4 members (excludes halogenated alkanes) is 9. The van der Waals surface area contributed by atoms with Crippen LogP contribution in [0.25, 0.3) is 0 Å². The number of carbonyl (C=O) groups is 3. The van der Waals surface area contributed by atoms with Gasteiger partial charge in [0.15, 0.2) is 0 Å². The maximum Gasteiger partial charge on any atom is 0.336 e. The number of rotatable bonds is 14. The van der Waals surface area contributed by atoms with Gasteiger partial charge < -0.3 is 15.3 Å². The molecule has 6 heteroatoms. The summed E-state index contributed by atoms with van der Waals surface area (Å²) in [6.07, 6.45) is 13.8. The molecule has 0 fully saturated rings. The summed E-state index contributed by atoms with van der Waals surface area (Å²) in [4.78, 5) is 34.3. The molecule has 0 aliphatic heterocycles. The topological polar surface area (TPSA) is 112 Å². The highest BCUT2D eigenvalue weighted by Crippen LogP contribution is 2.39. The third kappa shape index (κ3) is 7.19. The Morgan fingerprint density at radius 2 is 1.37 bits per heavy atom. The Morgan fingerprint density at radius 3 is 1.81 bits per heavy atom. The van der Waals surface area contributed by atoms with Gasteiger partial charge in [-0.25, -0.2) is 9.59 Å². The number of aliphatic carboxylic acids is 3. The summed E-state index contributed by atoms with van der Waals surface area (Å²) in [6, 6.07) is 0. The molecule has 1 aliphatic rings. The van der Waals surface area contributed by atoms with E-state index in [0.717, 1.165) is 25.3 Å². The fourth-order valence-corrected chi connectivity index (χ4v) is 3.56. The Labute approximate surface area is 161 Å². The standard InChI is InChI=1S/C21H32O6/c1-2-3-4-5-6-7-8-9-10-11-13-21(20(26)27)14-12-16(18(22)23)17(15-21)19(24)25/h12,14H,2-11,13,15H2,1H3,(H,22,23)(H,24,25)(H,26,27). The molecule has 0 radical (unpaired) electrons. The van der Waals surface area contributed by atoms with Crippen molar-refractivity contribution >= 4 is 17.9 Å². The van der Waals surface area contributed by atoms with Gasteiger partial charge in [-0.1, -0.05) is 77.2 Å². The first-order chi connectivity index (χ1) is 12.8. The SMILES string of the molecule is CCCCCCCCCCCCC1(C(=O)O)C=CC(C(=O)O)=C(C(=O)O)C1. The average Bonchev–Trinajstić information content (AvgIpc) is 2.62. The number of carboxylic acid groups (broad SMARTS) is 3. The Bertz CT molecular complexity index is 589.